The molecule has 1 aliphatic heterocycles. The smallest absolute Gasteiger partial charge is 0.250 e. The van der Waals surface area contributed by atoms with Gasteiger partial charge in [0.15, 0.2) is 0 Å². The Morgan fingerprint density at radius 1 is 1.06 bits per heavy atom. The predicted octanol–water partition coefficient (Wildman–Crippen LogP) is 5.28. The van der Waals surface area contributed by atoms with E-state index in [2.05, 4.69) is 15.5 Å². The van der Waals surface area contributed by atoms with Crippen LogP contribution in [0.5, 0.6) is 0 Å². The molecule has 0 bridgehead atoms. The van der Waals surface area contributed by atoms with E-state index in [4.69, 9.17) is 5.53 Å². The molecule has 1 aliphatic rings. The first kappa shape index (κ1) is 22.4. The minimum absolute atomic E-state index is 0.00428. The molecule has 0 radical (unpaired) electrons. The second-order valence-corrected chi connectivity index (χ2v) is 9.21. The fourth-order valence-electron chi connectivity index (χ4n) is 4.06. The molecule has 2 aromatic rings. The lowest BCUT2D eigenvalue weighted by Gasteiger charge is -2.33. The molecule has 162 valence electrons. The Kier molecular flexibility index (Phi) is 6.98. The number of hydrogen-bond donors (Lipinski definition) is 1. The third kappa shape index (κ3) is 5.86. The molecule has 3 atom stereocenters. The van der Waals surface area contributed by atoms with Crippen molar-refractivity contribution in [1.82, 2.24) is 10.4 Å². The number of hydrogen-bond acceptors (Lipinski definition) is 3. The van der Waals surface area contributed by atoms with E-state index < -0.39 is 6.04 Å². The molecule has 2 aromatic carbocycles. The largest absolute Gasteiger partial charge is 0.273 e. The second kappa shape index (κ2) is 9.67. The molecule has 7 nitrogen and oxygen atoms in total. The lowest BCUT2D eigenvalue weighted by atomic mass is 9.86. The van der Waals surface area contributed by atoms with Crippen LogP contribution in [0.15, 0.2) is 65.8 Å². The molecule has 1 fully saturated rings. The van der Waals surface area contributed by atoms with Crippen molar-refractivity contribution in [3.63, 3.8) is 0 Å². The van der Waals surface area contributed by atoms with Gasteiger partial charge in [-0.2, -0.15) is 0 Å². The van der Waals surface area contributed by atoms with E-state index >= 15 is 0 Å². The van der Waals surface area contributed by atoms with Gasteiger partial charge in [0.1, 0.15) is 6.04 Å². The Balaban J connectivity index is 2.02. The zero-order valence-corrected chi connectivity index (χ0v) is 18.2. The van der Waals surface area contributed by atoms with Gasteiger partial charge in [0.25, 0.3) is 5.91 Å². The van der Waals surface area contributed by atoms with E-state index in [0.29, 0.717) is 12.8 Å². The Bertz CT molecular complexity index is 949. The highest BCUT2D eigenvalue weighted by atomic mass is 16.2. The minimum atomic E-state index is -0.890. The van der Waals surface area contributed by atoms with Crippen molar-refractivity contribution in [2.24, 2.45) is 10.5 Å². The van der Waals surface area contributed by atoms with Crippen LogP contribution in [0.4, 0.5) is 0 Å². The average Bonchev–Trinajstić information content (AvgIpc) is 2.86. The van der Waals surface area contributed by atoms with Crippen LogP contribution >= 0.6 is 0 Å². The second-order valence-electron chi connectivity index (χ2n) is 9.21. The topological polar surface area (TPSA) is 98.2 Å². The molecule has 3 unspecified atom stereocenters. The Labute approximate surface area is 183 Å². The van der Waals surface area contributed by atoms with E-state index in [1.54, 1.807) is 0 Å². The maximum Gasteiger partial charge on any atom is 0.250 e. The fourth-order valence-corrected chi connectivity index (χ4v) is 4.06. The van der Waals surface area contributed by atoms with Gasteiger partial charge in [-0.15, -0.1) is 0 Å². The maximum absolute atomic E-state index is 13.4. The maximum atomic E-state index is 13.4. The van der Waals surface area contributed by atoms with Crippen molar-refractivity contribution >= 4 is 11.8 Å². The summed E-state index contributed by atoms with van der Waals surface area (Å²) < 4.78 is 0. The van der Waals surface area contributed by atoms with Crippen LogP contribution in [0.2, 0.25) is 0 Å². The lowest BCUT2D eigenvalue weighted by molar-refractivity contribution is -0.145. The third-order valence-electron chi connectivity index (χ3n) is 5.43. The van der Waals surface area contributed by atoms with Crippen LogP contribution in [0.1, 0.15) is 63.1 Å². The zero-order chi connectivity index (χ0) is 22.4. The van der Waals surface area contributed by atoms with Crippen LogP contribution in [0.3, 0.4) is 0 Å². The summed E-state index contributed by atoms with van der Waals surface area (Å²) >= 11 is 0. The van der Waals surface area contributed by atoms with Crippen LogP contribution in [-0.2, 0) is 9.59 Å². The van der Waals surface area contributed by atoms with Crippen molar-refractivity contribution in [1.29, 1.82) is 0 Å². The van der Waals surface area contributed by atoms with E-state index in [1.807, 2.05) is 81.4 Å². The quantitative estimate of drug-likeness (QED) is 0.405. The normalized spacial score (nSPS) is 21.7. The first-order chi connectivity index (χ1) is 14.8. The van der Waals surface area contributed by atoms with E-state index in [-0.39, 0.29) is 35.6 Å². The molecule has 31 heavy (non-hydrogen) atoms. The van der Waals surface area contributed by atoms with Gasteiger partial charge in [-0.3, -0.25) is 15.0 Å². The molecule has 1 N–H and O–H groups in total. The van der Waals surface area contributed by atoms with Crippen LogP contribution in [0.25, 0.3) is 10.4 Å². The van der Waals surface area contributed by atoms with Crippen molar-refractivity contribution in [2.75, 3.05) is 0 Å². The van der Waals surface area contributed by atoms with Gasteiger partial charge in [-0.25, -0.2) is 5.01 Å². The van der Waals surface area contributed by atoms with Gasteiger partial charge in [0, 0.05) is 11.3 Å². The van der Waals surface area contributed by atoms with Crippen molar-refractivity contribution in [3.8, 4) is 0 Å². The van der Waals surface area contributed by atoms with Crippen LogP contribution in [-0.4, -0.2) is 22.9 Å². The number of benzene rings is 2. The number of rotatable bonds is 5. The molecule has 3 rings (SSSR count). The molecular weight excluding hydrogens is 390 g/mol. The Morgan fingerprint density at radius 3 is 2.19 bits per heavy atom. The predicted molar refractivity (Wildman–Crippen MR) is 120 cm³/mol. The monoisotopic (exact) mass is 419 g/mol. The Morgan fingerprint density at radius 2 is 1.65 bits per heavy atom. The highest BCUT2D eigenvalue weighted by molar-refractivity contribution is 5.86. The fraction of sp³-hybridized carbons (Fsp3) is 0.417. The van der Waals surface area contributed by atoms with Gasteiger partial charge in [0.2, 0.25) is 5.91 Å². The SMILES string of the molecule is CC(C)(C)CC(=O)NN1C(=O)C(N=[N+]=[N-])CC(c2ccccc2)CC1c1ccccc1. The Hall–Kier alpha value is -3.31. The number of amides is 2. The van der Waals surface area contributed by atoms with Gasteiger partial charge < -0.3 is 0 Å². The van der Waals surface area contributed by atoms with Gasteiger partial charge in [-0.1, -0.05) is 86.5 Å². The van der Waals surface area contributed by atoms with E-state index in [9.17, 15) is 9.59 Å². The summed E-state index contributed by atoms with van der Waals surface area (Å²) in [5, 5.41) is 5.19. The van der Waals surface area contributed by atoms with Crippen molar-refractivity contribution < 1.29 is 9.59 Å². The lowest BCUT2D eigenvalue weighted by Crippen LogP contribution is -2.51. The first-order valence-electron chi connectivity index (χ1n) is 10.5. The third-order valence-corrected chi connectivity index (χ3v) is 5.43. The zero-order valence-electron chi connectivity index (χ0n) is 18.2. The molecule has 2 amide bonds. The number of carbonyl (C=O) groups is 2. The average molecular weight is 420 g/mol. The summed E-state index contributed by atoms with van der Waals surface area (Å²) in [7, 11) is 0. The molecule has 0 aliphatic carbocycles. The number of carbonyl (C=O) groups excluding carboxylic acids is 2. The van der Waals surface area contributed by atoms with Crippen LogP contribution < -0.4 is 5.43 Å². The highest BCUT2D eigenvalue weighted by Gasteiger charge is 2.39. The number of azide groups is 1. The summed E-state index contributed by atoms with van der Waals surface area (Å²) in [6.07, 6.45) is 1.27. The standard InChI is InChI=1S/C24H29N5O2/c1-24(2,3)16-22(30)27-29-21(18-12-8-5-9-13-18)15-19(17-10-6-4-7-11-17)14-20(23(29)31)26-28-25/h4-13,19-21H,14-16H2,1-3H3,(H,27,30). The summed E-state index contributed by atoms with van der Waals surface area (Å²) in [6.45, 7) is 5.92. The highest BCUT2D eigenvalue weighted by Crippen LogP contribution is 2.39. The van der Waals surface area contributed by atoms with Gasteiger partial charge in [-0.05, 0) is 40.8 Å². The molecule has 7 heteroatoms. The molecule has 0 aromatic heterocycles. The molecular formula is C24H29N5O2. The van der Waals surface area contributed by atoms with E-state index in [1.165, 1.54) is 5.01 Å². The minimum Gasteiger partial charge on any atom is -0.273 e. The van der Waals surface area contributed by atoms with Gasteiger partial charge in [0.05, 0.1) is 6.04 Å². The van der Waals surface area contributed by atoms with E-state index in [0.717, 1.165) is 11.1 Å². The molecule has 1 saturated heterocycles. The molecule has 1 heterocycles. The van der Waals surface area contributed by atoms with Crippen LogP contribution in [0, 0.1) is 5.41 Å². The molecule has 0 saturated carbocycles. The summed E-state index contributed by atoms with van der Waals surface area (Å²) in [5.74, 6) is -0.623. The number of nitrogens with one attached hydrogen (secondary N) is 1. The summed E-state index contributed by atoms with van der Waals surface area (Å²) in [4.78, 5) is 29.1. The first-order valence-corrected chi connectivity index (χ1v) is 10.5. The summed E-state index contributed by atoms with van der Waals surface area (Å²) in [6, 6.07) is 18.3. The van der Waals surface area contributed by atoms with Gasteiger partial charge >= 0.3 is 0 Å². The number of nitrogens with zero attached hydrogens (tertiary/aromatic N) is 4. The number of hydrazine groups is 1. The van der Waals surface area contributed by atoms with Crippen molar-refractivity contribution in [2.45, 2.75) is 58.0 Å². The molecule has 0 spiro atoms. The van der Waals surface area contributed by atoms with Crippen molar-refractivity contribution in [3.05, 3.63) is 82.2 Å². The summed E-state index contributed by atoms with van der Waals surface area (Å²) in [5.41, 5.74) is 13.7.